The van der Waals surface area contributed by atoms with Gasteiger partial charge in [0.25, 0.3) is 5.91 Å². The van der Waals surface area contributed by atoms with E-state index < -0.39 is 0 Å². The van der Waals surface area contributed by atoms with Gasteiger partial charge < -0.3 is 0 Å². The summed E-state index contributed by atoms with van der Waals surface area (Å²) in [5.41, 5.74) is 0. The van der Waals surface area contributed by atoms with E-state index in [2.05, 4.69) is 4.84 Å². The van der Waals surface area contributed by atoms with Crippen LogP contribution >= 0.6 is 24.0 Å². The Hall–Kier alpha value is -0.130. The summed E-state index contributed by atoms with van der Waals surface area (Å²) in [6.45, 7) is 0. The normalized spacial score (nSPS) is 19.4. The molecule has 0 spiro atoms. The van der Waals surface area contributed by atoms with Crippen molar-refractivity contribution in [2.45, 2.75) is 0 Å². The first-order chi connectivity index (χ1) is 4.25. The van der Waals surface area contributed by atoms with E-state index in [0.29, 0.717) is 10.1 Å². The Morgan fingerprint density at radius 2 is 2.56 bits per heavy atom. The molecule has 1 amide bonds. The molecule has 1 rings (SSSR count). The maximum absolute atomic E-state index is 10.7. The van der Waals surface area contributed by atoms with Crippen molar-refractivity contribution < 1.29 is 9.63 Å². The zero-order chi connectivity index (χ0) is 6.85. The van der Waals surface area contributed by atoms with Crippen molar-refractivity contribution in [1.29, 1.82) is 0 Å². The highest BCUT2D eigenvalue weighted by molar-refractivity contribution is 8.23. The van der Waals surface area contributed by atoms with Crippen LogP contribution in [0.2, 0.25) is 0 Å². The van der Waals surface area contributed by atoms with Crippen molar-refractivity contribution in [3.63, 3.8) is 0 Å². The molecule has 0 N–H and O–H groups in total. The first-order valence-electron chi connectivity index (χ1n) is 2.29. The third-order valence-electron chi connectivity index (χ3n) is 0.894. The second-order valence-corrected chi connectivity index (χ2v) is 3.03. The molecular weight excluding hydrogens is 158 g/mol. The van der Waals surface area contributed by atoms with Crippen molar-refractivity contribution in [3.8, 4) is 0 Å². The number of thiocarbonyl (C=S) groups is 1. The van der Waals surface area contributed by atoms with E-state index in [1.165, 1.54) is 18.9 Å². The van der Waals surface area contributed by atoms with Crippen LogP contribution in [-0.4, -0.2) is 28.2 Å². The maximum atomic E-state index is 10.7. The van der Waals surface area contributed by atoms with Crippen LogP contribution in [0.15, 0.2) is 0 Å². The maximum Gasteiger partial charge on any atom is 0.262 e. The highest BCUT2D eigenvalue weighted by atomic mass is 32.2. The lowest BCUT2D eigenvalue weighted by Gasteiger charge is -2.08. The predicted octanol–water partition coefficient (Wildman–Crippen LogP) is 0.408. The van der Waals surface area contributed by atoms with Crippen LogP contribution in [0, 0.1) is 0 Å². The summed E-state index contributed by atoms with van der Waals surface area (Å²) in [7, 11) is 1.43. The Balaban J connectivity index is 2.66. The highest BCUT2D eigenvalue weighted by Crippen LogP contribution is 2.18. The fourth-order valence-corrected chi connectivity index (χ4v) is 1.53. The lowest BCUT2D eigenvalue weighted by Crippen LogP contribution is -2.26. The molecule has 0 atom stereocenters. The second-order valence-electron chi connectivity index (χ2n) is 1.43. The topological polar surface area (TPSA) is 29.5 Å². The van der Waals surface area contributed by atoms with Crippen LogP contribution in [0.1, 0.15) is 0 Å². The van der Waals surface area contributed by atoms with E-state index in [0.717, 1.165) is 5.06 Å². The lowest BCUT2D eigenvalue weighted by atomic mass is 10.7. The monoisotopic (exact) mass is 163 g/mol. The molecule has 1 aliphatic rings. The summed E-state index contributed by atoms with van der Waals surface area (Å²) >= 11 is 6.08. The summed E-state index contributed by atoms with van der Waals surface area (Å²) < 4.78 is 0.502. The molecule has 0 radical (unpaired) electrons. The minimum atomic E-state index is -0.0764. The van der Waals surface area contributed by atoms with Gasteiger partial charge in [0.05, 0.1) is 12.9 Å². The molecule has 1 fully saturated rings. The molecule has 5 heteroatoms. The Morgan fingerprint density at radius 1 is 1.89 bits per heavy atom. The lowest BCUT2D eigenvalue weighted by molar-refractivity contribution is -0.150. The molecule has 1 heterocycles. The van der Waals surface area contributed by atoms with Crippen LogP contribution in [0.4, 0.5) is 0 Å². The van der Waals surface area contributed by atoms with Crippen LogP contribution in [0.3, 0.4) is 0 Å². The first kappa shape index (κ1) is 6.98. The van der Waals surface area contributed by atoms with Crippen LogP contribution in [0.5, 0.6) is 0 Å². The van der Waals surface area contributed by atoms with Gasteiger partial charge in [0, 0.05) is 0 Å². The number of hydrogen-bond acceptors (Lipinski definition) is 4. The second kappa shape index (κ2) is 2.64. The number of thioether (sulfide) groups is 1. The van der Waals surface area contributed by atoms with E-state index in [9.17, 15) is 4.79 Å². The van der Waals surface area contributed by atoms with Gasteiger partial charge in [-0.1, -0.05) is 11.8 Å². The largest absolute Gasteiger partial charge is 0.271 e. The van der Waals surface area contributed by atoms with Crippen LogP contribution < -0.4 is 0 Å². The molecule has 0 aromatic carbocycles. The SMILES string of the molecule is CON1C(=O)CSC1=S. The van der Waals surface area contributed by atoms with Gasteiger partial charge in [-0.2, -0.15) is 5.06 Å². The average Bonchev–Trinajstić information content (AvgIpc) is 2.12. The molecule has 0 unspecified atom stereocenters. The van der Waals surface area contributed by atoms with E-state index in [1.807, 2.05) is 0 Å². The van der Waals surface area contributed by atoms with Crippen molar-refractivity contribution in [3.05, 3.63) is 0 Å². The van der Waals surface area contributed by atoms with Crippen molar-refractivity contribution in [2.24, 2.45) is 0 Å². The minimum Gasteiger partial charge on any atom is -0.271 e. The molecule has 50 valence electrons. The fourth-order valence-electron chi connectivity index (χ4n) is 0.519. The standard InChI is InChI=1S/C4H5NO2S2/c1-7-5-3(6)2-9-4(5)8/h2H2,1H3. The van der Waals surface area contributed by atoms with Gasteiger partial charge in [0.15, 0.2) is 4.32 Å². The van der Waals surface area contributed by atoms with Crippen LogP contribution in [-0.2, 0) is 9.63 Å². The first-order valence-corrected chi connectivity index (χ1v) is 3.69. The van der Waals surface area contributed by atoms with Crippen molar-refractivity contribution in [2.75, 3.05) is 12.9 Å². The molecule has 0 aromatic rings. The van der Waals surface area contributed by atoms with E-state index >= 15 is 0 Å². The van der Waals surface area contributed by atoms with Crippen molar-refractivity contribution in [1.82, 2.24) is 5.06 Å². The Kier molecular flexibility index (Phi) is 2.05. The van der Waals surface area contributed by atoms with E-state index in [1.54, 1.807) is 0 Å². The Bertz CT molecular complexity index is 143. The summed E-state index contributed by atoms with van der Waals surface area (Å²) in [6.07, 6.45) is 0. The predicted molar refractivity (Wildman–Crippen MR) is 38.9 cm³/mol. The fraction of sp³-hybridized carbons (Fsp3) is 0.500. The molecule has 3 nitrogen and oxygen atoms in total. The molecule has 0 bridgehead atoms. The minimum absolute atomic E-state index is 0.0764. The summed E-state index contributed by atoms with van der Waals surface area (Å²) in [5, 5.41) is 1.12. The quantitative estimate of drug-likeness (QED) is 0.524. The number of hydrogen-bond donors (Lipinski definition) is 0. The van der Waals surface area contributed by atoms with Gasteiger partial charge in [-0.15, -0.1) is 0 Å². The zero-order valence-corrected chi connectivity index (χ0v) is 6.42. The number of rotatable bonds is 1. The summed E-state index contributed by atoms with van der Waals surface area (Å²) in [4.78, 5) is 15.4. The molecule has 0 aromatic heterocycles. The summed E-state index contributed by atoms with van der Waals surface area (Å²) in [5.74, 6) is 0.333. The van der Waals surface area contributed by atoms with Crippen molar-refractivity contribution >= 4 is 34.2 Å². The molecule has 0 saturated carbocycles. The smallest absolute Gasteiger partial charge is 0.262 e. The number of amides is 1. The molecule has 9 heavy (non-hydrogen) atoms. The number of carbonyl (C=O) groups excluding carboxylic acids is 1. The Morgan fingerprint density at radius 3 is 2.78 bits per heavy atom. The van der Waals surface area contributed by atoms with E-state index in [4.69, 9.17) is 12.2 Å². The van der Waals surface area contributed by atoms with Gasteiger partial charge in [-0.3, -0.25) is 9.63 Å². The van der Waals surface area contributed by atoms with Gasteiger partial charge in [0.1, 0.15) is 0 Å². The molecular formula is C4H5NO2S2. The summed E-state index contributed by atoms with van der Waals surface area (Å²) in [6, 6.07) is 0. The van der Waals surface area contributed by atoms with Gasteiger partial charge in [-0.25, -0.2) is 0 Å². The zero-order valence-electron chi connectivity index (χ0n) is 4.79. The van der Waals surface area contributed by atoms with Crippen LogP contribution in [0.25, 0.3) is 0 Å². The number of hydroxylamine groups is 2. The third kappa shape index (κ3) is 1.23. The van der Waals surface area contributed by atoms with E-state index in [-0.39, 0.29) is 5.91 Å². The average molecular weight is 163 g/mol. The number of carbonyl (C=O) groups is 1. The van der Waals surface area contributed by atoms with Gasteiger partial charge in [0.2, 0.25) is 0 Å². The highest BCUT2D eigenvalue weighted by Gasteiger charge is 2.26. The molecule has 1 saturated heterocycles. The molecule has 0 aliphatic carbocycles. The Labute approximate surface area is 62.3 Å². The van der Waals surface area contributed by atoms with Gasteiger partial charge >= 0.3 is 0 Å². The number of nitrogens with zero attached hydrogens (tertiary/aromatic N) is 1. The molecule has 1 aliphatic heterocycles. The third-order valence-corrected chi connectivity index (χ3v) is 2.22. The van der Waals surface area contributed by atoms with Gasteiger partial charge in [-0.05, 0) is 12.2 Å².